The van der Waals surface area contributed by atoms with Gasteiger partial charge in [0.2, 0.25) is 0 Å². The molecule has 0 radical (unpaired) electrons. The Hall–Kier alpha value is -1.94. The highest BCUT2D eigenvalue weighted by molar-refractivity contribution is 5.95. The number of aliphatic hydroxyl groups is 1. The van der Waals surface area contributed by atoms with Crippen LogP contribution >= 0.6 is 0 Å². The second-order valence-electron chi connectivity index (χ2n) is 6.01. The molecular weight excluding hydrogens is 304 g/mol. The largest absolute Gasteiger partial charge is 0.481 e. The summed E-state index contributed by atoms with van der Waals surface area (Å²) >= 11 is 0. The van der Waals surface area contributed by atoms with E-state index in [9.17, 15) is 14.7 Å². The number of carbonyl (C=O) groups excluding carboxylic acids is 1. The second-order valence-corrected chi connectivity index (χ2v) is 6.01. The lowest BCUT2D eigenvalue weighted by Crippen LogP contribution is -2.14. The minimum Gasteiger partial charge on any atom is -0.481 e. The van der Waals surface area contributed by atoms with Gasteiger partial charge in [-0.2, -0.15) is 0 Å². The fourth-order valence-electron chi connectivity index (χ4n) is 2.59. The van der Waals surface area contributed by atoms with Crippen LogP contribution in [0.4, 0.5) is 0 Å². The van der Waals surface area contributed by atoms with E-state index in [-0.39, 0.29) is 24.0 Å². The number of rotatable bonds is 11. The van der Waals surface area contributed by atoms with Gasteiger partial charge < -0.3 is 10.2 Å². The van der Waals surface area contributed by atoms with Gasteiger partial charge in [-0.1, -0.05) is 49.5 Å². The van der Waals surface area contributed by atoms with Gasteiger partial charge in [0.05, 0.1) is 6.10 Å². The van der Waals surface area contributed by atoms with Crippen LogP contribution in [-0.4, -0.2) is 28.1 Å². The number of unbranched alkanes of at least 4 members (excludes halogenated alkanes) is 1. The van der Waals surface area contributed by atoms with E-state index in [1.807, 2.05) is 43.4 Å². The van der Waals surface area contributed by atoms with Crippen molar-refractivity contribution in [2.45, 2.75) is 51.6 Å². The standard InChI is InChI=1S/C20H28O4/c1-2-3-6-9-17(21)14-12-16-13-15-19(22)18(16)10-7-4-5-8-11-20(23)24/h3-4,6-7,12-18,21H,2,5,8-11H2,1H3,(H,23,24)/b6-3+,7-4+,14-12-/t16-,17+,18-/m1/s1. The molecule has 0 saturated carbocycles. The minimum absolute atomic E-state index is 0.0194. The highest BCUT2D eigenvalue weighted by Crippen LogP contribution is 2.27. The molecule has 2 N–H and O–H groups in total. The number of carboxylic acid groups (broad SMARTS) is 1. The smallest absolute Gasteiger partial charge is 0.303 e. The third kappa shape index (κ3) is 8.06. The number of carbonyl (C=O) groups is 2. The number of ketones is 1. The van der Waals surface area contributed by atoms with Crippen molar-refractivity contribution in [3.05, 3.63) is 48.6 Å². The molecule has 0 amide bonds. The van der Waals surface area contributed by atoms with Gasteiger partial charge in [0, 0.05) is 18.3 Å². The van der Waals surface area contributed by atoms with Crippen LogP contribution < -0.4 is 0 Å². The molecule has 3 atom stereocenters. The molecule has 4 heteroatoms. The number of aliphatic hydroxyl groups excluding tert-OH is 1. The summed E-state index contributed by atoms with van der Waals surface area (Å²) in [5.74, 6) is -0.766. The lowest BCUT2D eigenvalue weighted by molar-refractivity contribution is -0.137. The maximum absolute atomic E-state index is 11.9. The van der Waals surface area contributed by atoms with Crippen molar-refractivity contribution >= 4 is 11.8 Å². The molecule has 0 aliphatic heterocycles. The van der Waals surface area contributed by atoms with Gasteiger partial charge >= 0.3 is 5.97 Å². The molecule has 0 heterocycles. The van der Waals surface area contributed by atoms with Crippen LogP contribution in [0, 0.1) is 11.8 Å². The Balaban J connectivity index is 2.42. The second kappa shape index (κ2) is 11.6. The van der Waals surface area contributed by atoms with Gasteiger partial charge in [-0.15, -0.1) is 0 Å². The summed E-state index contributed by atoms with van der Waals surface area (Å²) in [6.45, 7) is 2.05. The molecule has 0 fully saturated rings. The normalized spacial score (nSPS) is 22.3. The molecular formula is C20H28O4. The molecule has 4 nitrogen and oxygen atoms in total. The van der Waals surface area contributed by atoms with Crippen LogP contribution in [0.25, 0.3) is 0 Å². The zero-order valence-electron chi connectivity index (χ0n) is 14.3. The lowest BCUT2D eigenvalue weighted by atomic mass is 9.90. The van der Waals surface area contributed by atoms with Crippen molar-refractivity contribution < 1.29 is 19.8 Å². The molecule has 0 aromatic carbocycles. The summed E-state index contributed by atoms with van der Waals surface area (Å²) in [6, 6.07) is 0. The first-order valence-corrected chi connectivity index (χ1v) is 8.64. The first kappa shape index (κ1) is 20.1. The molecule has 24 heavy (non-hydrogen) atoms. The zero-order valence-corrected chi connectivity index (χ0v) is 14.3. The number of carboxylic acids is 1. The highest BCUT2D eigenvalue weighted by Gasteiger charge is 2.27. The van der Waals surface area contributed by atoms with E-state index in [2.05, 4.69) is 0 Å². The van der Waals surface area contributed by atoms with E-state index >= 15 is 0 Å². The van der Waals surface area contributed by atoms with E-state index < -0.39 is 12.1 Å². The van der Waals surface area contributed by atoms with Crippen molar-refractivity contribution in [2.75, 3.05) is 0 Å². The number of hydrogen-bond acceptors (Lipinski definition) is 3. The third-order valence-electron chi connectivity index (χ3n) is 3.97. The SMILES string of the molecule is CC/C=C/C[C@H](O)/C=C\[C@@H]1C=CC(=O)[C@@H]1C/C=C/CCCC(=O)O. The third-order valence-corrected chi connectivity index (χ3v) is 3.97. The van der Waals surface area contributed by atoms with E-state index in [0.29, 0.717) is 25.7 Å². The van der Waals surface area contributed by atoms with Crippen molar-refractivity contribution in [3.8, 4) is 0 Å². The Labute approximate surface area is 144 Å². The monoisotopic (exact) mass is 332 g/mol. The Morgan fingerprint density at radius 3 is 2.79 bits per heavy atom. The fraction of sp³-hybridized carbons (Fsp3) is 0.500. The van der Waals surface area contributed by atoms with Crippen LogP contribution in [0.3, 0.4) is 0 Å². The maximum Gasteiger partial charge on any atom is 0.303 e. The molecule has 0 spiro atoms. The van der Waals surface area contributed by atoms with Gasteiger partial charge in [-0.3, -0.25) is 9.59 Å². The molecule has 0 aromatic heterocycles. The fourth-order valence-corrected chi connectivity index (χ4v) is 2.59. The van der Waals surface area contributed by atoms with E-state index in [0.717, 1.165) is 6.42 Å². The molecule has 0 unspecified atom stereocenters. The van der Waals surface area contributed by atoms with Gasteiger partial charge in [0.25, 0.3) is 0 Å². The Morgan fingerprint density at radius 1 is 1.29 bits per heavy atom. The highest BCUT2D eigenvalue weighted by atomic mass is 16.4. The number of hydrogen-bond donors (Lipinski definition) is 2. The summed E-state index contributed by atoms with van der Waals surface area (Å²) < 4.78 is 0. The van der Waals surface area contributed by atoms with Crippen LogP contribution in [0.1, 0.15) is 45.4 Å². The van der Waals surface area contributed by atoms with E-state index in [4.69, 9.17) is 5.11 Å². The van der Waals surface area contributed by atoms with Crippen molar-refractivity contribution in [1.29, 1.82) is 0 Å². The van der Waals surface area contributed by atoms with Crippen molar-refractivity contribution in [1.82, 2.24) is 0 Å². The predicted molar refractivity (Wildman–Crippen MR) is 95.6 cm³/mol. The average molecular weight is 332 g/mol. The Kier molecular flexibility index (Phi) is 9.70. The summed E-state index contributed by atoms with van der Waals surface area (Å²) in [7, 11) is 0. The van der Waals surface area contributed by atoms with Crippen molar-refractivity contribution in [2.24, 2.45) is 11.8 Å². The molecule has 1 aliphatic rings. The lowest BCUT2D eigenvalue weighted by Gasteiger charge is -2.13. The van der Waals surface area contributed by atoms with E-state index in [1.54, 1.807) is 12.2 Å². The number of allylic oxidation sites excluding steroid dienone is 6. The van der Waals surface area contributed by atoms with Crippen LogP contribution in [-0.2, 0) is 9.59 Å². The Bertz CT molecular complexity index is 514. The van der Waals surface area contributed by atoms with Gasteiger partial charge in [0.1, 0.15) is 0 Å². The summed E-state index contributed by atoms with van der Waals surface area (Å²) in [6.07, 6.45) is 18.2. The molecule has 0 aromatic rings. The van der Waals surface area contributed by atoms with Crippen molar-refractivity contribution in [3.63, 3.8) is 0 Å². The van der Waals surface area contributed by atoms with Crippen LogP contribution in [0.5, 0.6) is 0 Å². The van der Waals surface area contributed by atoms with E-state index in [1.165, 1.54) is 0 Å². The van der Waals surface area contributed by atoms with Gasteiger partial charge in [-0.25, -0.2) is 0 Å². The zero-order chi connectivity index (χ0) is 17.8. The number of aliphatic carboxylic acids is 1. The Morgan fingerprint density at radius 2 is 2.08 bits per heavy atom. The quantitative estimate of drug-likeness (QED) is 0.445. The van der Waals surface area contributed by atoms with Gasteiger partial charge in [0.15, 0.2) is 5.78 Å². The first-order chi connectivity index (χ1) is 11.5. The predicted octanol–water partition coefficient (Wildman–Crippen LogP) is 3.83. The van der Waals surface area contributed by atoms with Crippen LogP contribution in [0.15, 0.2) is 48.6 Å². The maximum atomic E-state index is 11.9. The topological polar surface area (TPSA) is 74.6 Å². The average Bonchev–Trinajstić information content (AvgIpc) is 2.89. The molecule has 1 aliphatic carbocycles. The molecule has 0 bridgehead atoms. The summed E-state index contributed by atoms with van der Waals surface area (Å²) in [5.41, 5.74) is 0. The molecule has 1 rings (SSSR count). The summed E-state index contributed by atoms with van der Waals surface area (Å²) in [4.78, 5) is 22.4. The summed E-state index contributed by atoms with van der Waals surface area (Å²) in [5, 5.41) is 18.5. The van der Waals surface area contributed by atoms with Gasteiger partial charge in [-0.05, 0) is 38.2 Å². The minimum atomic E-state index is -0.781. The van der Waals surface area contributed by atoms with Crippen LogP contribution in [0.2, 0.25) is 0 Å². The molecule has 132 valence electrons. The molecule has 0 saturated heterocycles. The first-order valence-electron chi connectivity index (χ1n) is 8.64.